The zero-order valence-electron chi connectivity index (χ0n) is 11.0. The maximum Gasteiger partial charge on any atom is 0.226 e. The lowest BCUT2D eigenvalue weighted by Gasteiger charge is -2.37. The molecule has 0 saturated carbocycles. The van der Waals surface area contributed by atoms with Crippen molar-refractivity contribution in [2.45, 2.75) is 52.2 Å². The highest BCUT2D eigenvalue weighted by Gasteiger charge is 2.36. The van der Waals surface area contributed by atoms with Gasteiger partial charge in [0.25, 0.3) is 0 Å². The van der Waals surface area contributed by atoms with Crippen molar-refractivity contribution in [1.29, 1.82) is 0 Å². The Morgan fingerprint density at radius 2 is 2.06 bits per heavy atom. The van der Waals surface area contributed by atoms with E-state index in [9.17, 15) is 9.90 Å². The van der Waals surface area contributed by atoms with Crippen molar-refractivity contribution < 1.29 is 9.90 Å². The number of aliphatic hydroxyl groups is 1. The Kier molecular flexibility index (Phi) is 3.94. The number of aromatic nitrogens is 1. The SMILES string of the molecule is Cc1nc(CC(=O)NC(C)(C)C(C)(C)O)cs1. The first-order chi connectivity index (χ1) is 7.62. The van der Waals surface area contributed by atoms with Crippen LogP contribution in [0.2, 0.25) is 0 Å². The summed E-state index contributed by atoms with van der Waals surface area (Å²) in [6, 6.07) is 0. The summed E-state index contributed by atoms with van der Waals surface area (Å²) in [5.74, 6) is -0.123. The van der Waals surface area contributed by atoms with Crippen LogP contribution in [0.4, 0.5) is 0 Å². The minimum atomic E-state index is -0.972. The molecule has 17 heavy (non-hydrogen) atoms. The molecular formula is C12H20N2O2S. The fraction of sp³-hybridized carbons (Fsp3) is 0.667. The number of amides is 1. The van der Waals surface area contributed by atoms with Crippen molar-refractivity contribution in [3.8, 4) is 0 Å². The van der Waals surface area contributed by atoms with Gasteiger partial charge in [-0.1, -0.05) is 0 Å². The van der Waals surface area contributed by atoms with Crippen LogP contribution in [0.15, 0.2) is 5.38 Å². The largest absolute Gasteiger partial charge is 0.388 e. The third kappa shape index (κ3) is 3.78. The second-order valence-corrected chi connectivity index (χ2v) is 6.33. The number of rotatable bonds is 4. The molecule has 0 aromatic carbocycles. The maximum absolute atomic E-state index is 11.8. The molecule has 1 aromatic heterocycles. The van der Waals surface area contributed by atoms with Crippen molar-refractivity contribution in [2.75, 3.05) is 0 Å². The number of nitrogens with one attached hydrogen (secondary N) is 1. The highest BCUT2D eigenvalue weighted by Crippen LogP contribution is 2.20. The second-order valence-electron chi connectivity index (χ2n) is 5.27. The first-order valence-corrected chi connectivity index (χ1v) is 6.44. The zero-order chi connectivity index (χ0) is 13.3. The molecule has 1 rings (SSSR count). The minimum Gasteiger partial charge on any atom is -0.388 e. The fourth-order valence-corrected chi connectivity index (χ4v) is 1.81. The lowest BCUT2D eigenvalue weighted by atomic mass is 9.86. The topological polar surface area (TPSA) is 62.2 Å². The first-order valence-electron chi connectivity index (χ1n) is 5.56. The molecule has 0 atom stereocenters. The first kappa shape index (κ1) is 14.1. The number of thiazole rings is 1. The van der Waals surface area contributed by atoms with Crippen LogP contribution in [0.25, 0.3) is 0 Å². The summed E-state index contributed by atoms with van der Waals surface area (Å²) in [5.41, 5.74) is -0.868. The number of hydrogen-bond donors (Lipinski definition) is 2. The van der Waals surface area contributed by atoms with E-state index in [-0.39, 0.29) is 12.3 Å². The Morgan fingerprint density at radius 3 is 2.47 bits per heavy atom. The summed E-state index contributed by atoms with van der Waals surface area (Å²) >= 11 is 1.53. The van der Waals surface area contributed by atoms with Crippen molar-refractivity contribution in [1.82, 2.24) is 10.3 Å². The van der Waals surface area contributed by atoms with Gasteiger partial charge in [0.1, 0.15) is 0 Å². The molecule has 0 aliphatic heterocycles. The van der Waals surface area contributed by atoms with E-state index >= 15 is 0 Å². The molecule has 1 aromatic rings. The van der Waals surface area contributed by atoms with Crippen molar-refractivity contribution in [3.63, 3.8) is 0 Å². The van der Waals surface area contributed by atoms with Gasteiger partial charge in [-0.05, 0) is 34.6 Å². The molecule has 0 unspecified atom stereocenters. The molecule has 1 amide bonds. The third-order valence-electron chi connectivity index (χ3n) is 2.99. The Labute approximate surface area is 106 Å². The molecule has 0 aliphatic rings. The quantitative estimate of drug-likeness (QED) is 0.861. The van der Waals surface area contributed by atoms with Crippen LogP contribution >= 0.6 is 11.3 Å². The molecule has 5 heteroatoms. The lowest BCUT2D eigenvalue weighted by molar-refractivity contribution is -0.125. The molecule has 0 fully saturated rings. The van der Waals surface area contributed by atoms with Gasteiger partial charge in [0.05, 0.1) is 28.3 Å². The maximum atomic E-state index is 11.8. The molecule has 4 nitrogen and oxygen atoms in total. The minimum absolute atomic E-state index is 0.123. The van der Waals surface area contributed by atoms with E-state index in [0.29, 0.717) is 0 Å². The van der Waals surface area contributed by atoms with E-state index in [2.05, 4.69) is 10.3 Å². The van der Waals surface area contributed by atoms with Gasteiger partial charge in [-0.3, -0.25) is 4.79 Å². The molecule has 0 aliphatic carbocycles. The van der Waals surface area contributed by atoms with Crippen LogP contribution in [-0.2, 0) is 11.2 Å². The fourth-order valence-electron chi connectivity index (χ4n) is 1.20. The highest BCUT2D eigenvalue weighted by molar-refractivity contribution is 7.09. The van der Waals surface area contributed by atoms with Crippen molar-refractivity contribution >= 4 is 17.2 Å². The summed E-state index contributed by atoms with van der Waals surface area (Å²) in [5, 5.41) is 15.6. The number of nitrogens with zero attached hydrogens (tertiary/aromatic N) is 1. The molecule has 2 N–H and O–H groups in total. The number of carbonyl (C=O) groups is 1. The van der Waals surface area contributed by atoms with Crippen LogP contribution in [0.5, 0.6) is 0 Å². The van der Waals surface area contributed by atoms with Crippen LogP contribution in [-0.4, -0.2) is 27.1 Å². The van der Waals surface area contributed by atoms with Gasteiger partial charge in [-0.15, -0.1) is 11.3 Å². The van der Waals surface area contributed by atoms with Gasteiger partial charge in [-0.2, -0.15) is 0 Å². The Hall–Kier alpha value is -0.940. The average Bonchev–Trinajstić information content (AvgIpc) is 2.47. The summed E-state index contributed by atoms with van der Waals surface area (Å²) in [6.07, 6.45) is 0.254. The van der Waals surface area contributed by atoms with Gasteiger partial charge < -0.3 is 10.4 Å². The summed E-state index contributed by atoms with van der Waals surface area (Å²) in [7, 11) is 0. The van der Waals surface area contributed by atoms with E-state index in [4.69, 9.17) is 0 Å². The van der Waals surface area contributed by atoms with Crippen LogP contribution in [0.1, 0.15) is 38.4 Å². The number of hydrogen-bond acceptors (Lipinski definition) is 4. The lowest BCUT2D eigenvalue weighted by Crippen LogP contribution is -2.58. The molecule has 0 radical (unpaired) electrons. The molecule has 0 spiro atoms. The van der Waals surface area contributed by atoms with E-state index in [1.54, 1.807) is 27.7 Å². The Morgan fingerprint density at radius 1 is 1.47 bits per heavy atom. The smallest absolute Gasteiger partial charge is 0.226 e. The van der Waals surface area contributed by atoms with Crippen molar-refractivity contribution in [2.24, 2.45) is 0 Å². The van der Waals surface area contributed by atoms with Crippen LogP contribution in [0.3, 0.4) is 0 Å². The summed E-state index contributed by atoms with van der Waals surface area (Å²) in [6.45, 7) is 8.88. The van der Waals surface area contributed by atoms with Gasteiger partial charge in [-0.25, -0.2) is 4.98 Å². The van der Waals surface area contributed by atoms with Gasteiger partial charge in [0.15, 0.2) is 0 Å². The standard InChI is InChI=1S/C12H20N2O2S/c1-8-13-9(7-17-8)6-10(15)14-11(2,3)12(4,5)16/h7,16H,6H2,1-5H3,(H,14,15). The third-order valence-corrected chi connectivity index (χ3v) is 3.81. The zero-order valence-corrected chi connectivity index (χ0v) is 11.8. The number of carbonyl (C=O) groups excluding carboxylic acids is 1. The van der Waals surface area contributed by atoms with E-state index in [1.807, 2.05) is 12.3 Å². The van der Waals surface area contributed by atoms with E-state index in [1.165, 1.54) is 11.3 Å². The predicted molar refractivity (Wildman–Crippen MR) is 69.1 cm³/mol. The molecule has 0 bridgehead atoms. The molecule has 0 saturated heterocycles. The molecule has 96 valence electrons. The van der Waals surface area contributed by atoms with Gasteiger partial charge in [0, 0.05) is 5.38 Å². The van der Waals surface area contributed by atoms with E-state index in [0.717, 1.165) is 10.7 Å². The van der Waals surface area contributed by atoms with Crippen molar-refractivity contribution in [3.05, 3.63) is 16.1 Å². The summed E-state index contributed by atoms with van der Waals surface area (Å²) < 4.78 is 0. The van der Waals surface area contributed by atoms with Gasteiger partial charge in [0.2, 0.25) is 5.91 Å². The predicted octanol–water partition coefficient (Wildman–Crippen LogP) is 1.66. The summed E-state index contributed by atoms with van der Waals surface area (Å²) in [4.78, 5) is 16.1. The Bertz CT molecular complexity index is 405. The normalized spacial score (nSPS) is 12.6. The monoisotopic (exact) mass is 256 g/mol. The molecular weight excluding hydrogens is 236 g/mol. The molecule has 1 heterocycles. The van der Waals surface area contributed by atoms with Crippen LogP contribution in [0, 0.1) is 6.92 Å². The Balaban J connectivity index is 2.62. The van der Waals surface area contributed by atoms with Crippen LogP contribution < -0.4 is 5.32 Å². The highest BCUT2D eigenvalue weighted by atomic mass is 32.1. The van der Waals surface area contributed by atoms with E-state index < -0.39 is 11.1 Å². The second kappa shape index (κ2) is 4.74. The average molecular weight is 256 g/mol. The number of aryl methyl sites for hydroxylation is 1. The van der Waals surface area contributed by atoms with Gasteiger partial charge >= 0.3 is 0 Å².